The largest absolute Gasteiger partial charge is 0.497 e. The number of anilines is 1. The van der Waals surface area contributed by atoms with Crippen molar-refractivity contribution in [2.75, 3.05) is 51.4 Å². The Kier molecular flexibility index (Phi) is 9.13. The quantitative estimate of drug-likeness (QED) is 0.248. The molecule has 5 rings (SSSR count). The zero-order valence-electron chi connectivity index (χ0n) is 24.6. The smallest absolute Gasteiger partial charge is 0.419 e. The van der Waals surface area contributed by atoms with Gasteiger partial charge in [0, 0.05) is 45.2 Å². The molecule has 4 heterocycles. The van der Waals surface area contributed by atoms with Gasteiger partial charge in [-0.3, -0.25) is 14.3 Å². The highest BCUT2D eigenvalue weighted by molar-refractivity contribution is 5.80. The molecule has 1 aliphatic rings. The van der Waals surface area contributed by atoms with Crippen LogP contribution in [0.1, 0.15) is 36.2 Å². The Morgan fingerprint density at radius 3 is 2.36 bits per heavy atom. The summed E-state index contributed by atoms with van der Waals surface area (Å²) >= 11 is 0. The average molecular weight is 615 g/mol. The molecule has 1 unspecified atom stereocenters. The maximum Gasteiger partial charge on any atom is 0.419 e. The van der Waals surface area contributed by atoms with Gasteiger partial charge in [0.2, 0.25) is 11.9 Å². The Morgan fingerprint density at radius 1 is 1.05 bits per heavy atom. The van der Waals surface area contributed by atoms with E-state index in [1.165, 1.54) is 4.68 Å². The Hall–Kier alpha value is -4.53. The van der Waals surface area contributed by atoms with Gasteiger partial charge in [0.1, 0.15) is 12.4 Å². The predicted molar refractivity (Wildman–Crippen MR) is 155 cm³/mol. The number of carbonyl (C=O) groups excluding carboxylic acids is 1. The first kappa shape index (κ1) is 30.9. The van der Waals surface area contributed by atoms with Gasteiger partial charge in [-0.05, 0) is 38.0 Å². The van der Waals surface area contributed by atoms with Gasteiger partial charge in [-0.15, -0.1) is 0 Å². The lowest BCUT2D eigenvalue weighted by atomic mass is 10.2. The predicted octanol–water partition coefficient (Wildman–Crippen LogP) is 3.08. The maximum atomic E-state index is 13.3. The molecular weight excluding hydrogens is 581 g/mol. The number of ether oxygens (including phenoxy) is 2. The zero-order chi connectivity index (χ0) is 31.4. The SMILES string of the molecule is COc1ccc(Cn2ncc3c(c(C)nn3C(C)CCOCC(=O)N3CCN(c4ncc(C(F)(F)F)cn4)CC3)c2=O)cc1. The van der Waals surface area contributed by atoms with Crippen LogP contribution < -0.4 is 15.2 Å². The molecule has 3 aromatic heterocycles. The van der Waals surface area contributed by atoms with Crippen LogP contribution in [0.4, 0.5) is 19.1 Å². The van der Waals surface area contributed by atoms with Crippen LogP contribution in [0.25, 0.3) is 10.9 Å². The summed E-state index contributed by atoms with van der Waals surface area (Å²) in [6.45, 7) is 5.83. The fraction of sp³-hybridized carbons (Fsp3) is 0.448. The molecule has 1 aliphatic heterocycles. The molecule has 0 bridgehead atoms. The van der Waals surface area contributed by atoms with Gasteiger partial charge in [0.05, 0.1) is 48.1 Å². The number of nitrogens with zero attached hydrogens (tertiary/aromatic N) is 8. The van der Waals surface area contributed by atoms with Crippen molar-refractivity contribution in [3.63, 3.8) is 0 Å². The van der Waals surface area contributed by atoms with Gasteiger partial charge < -0.3 is 19.3 Å². The van der Waals surface area contributed by atoms with Crippen LogP contribution in [0.5, 0.6) is 5.75 Å². The summed E-state index contributed by atoms with van der Waals surface area (Å²) in [5, 5.41) is 9.50. The molecule has 0 aliphatic carbocycles. The van der Waals surface area contributed by atoms with Crippen molar-refractivity contribution in [1.29, 1.82) is 0 Å². The van der Waals surface area contributed by atoms with Crippen molar-refractivity contribution in [2.24, 2.45) is 0 Å². The Labute approximate surface area is 251 Å². The first-order valence-corrected chi connectivity index (χ1v) is 14.1. The van der Waals surface area contributed by atoms with Gasteiger partial charge in [-0.2, -0.15) is 23.4 Å². The summed E-state index contributed by atoms with van der Waals surface area (Å²) in [7, 11) is 1.60. The van der Waals surface area contributed by atoms with Crippen LogP contribution in [0.2, 0.25) is 0 Å². The van der Waals surface area contributed by atoms with Crippen LogP contribution in [-0.2, 0) is 22.3 Å². The van der Waals surface area contributed by atoms with Crippen molar-refractivity contribution >= 4 is 22.8 Å². The molecule has 12 nitrogen and oxygen atoms in total. The van der Waals surface area contributed by atoms with Crippen LogP contribution in [0.15, 0.2) is 47.7 Å². The van der Waals surface area contributed by atoms with Crippen LogP contribution in [0.3, 0.4) is 0 Å². The Balaban J connectivity index is 1.10. The topological polar surface area (TPSA) is 120 Å². The standard InChI is InChI=1S/C29H33F3N8O4/c1-19(40-24-16-35-39(27(42)26(24)20(2)36-40)17-21-4-6-23(43-3)7-5-21)8-13-44-18-25(41)37-9-11-38(12-10-37)28-33-14-22(15-34-28)29(30,31)32/h4-7,14-16,19H,8-13,17-18H2,1-3H3. The zero-order valence-corrected chi connectivity index (χ0v) is 24.6. The number of alkyl halides is 3. The van der Waals surface area contributed by atoms with E-state index in [4.69, 9.17) is 9.47 Å². The van der Waals surface area contributed by atoms with Crippen LogP contribution >= 0.6 is 0 Å². The highest BCUT2D eigenvalue weighted by Crippen LogP contribution is 2.28. The van der Waals surface area contributed by atoms with E-state index in [2.05, 4.69) is 20.2 Å². The first-order valence-electron chi connectivity index (χ1n) is 14.1. The van der Waals surface area contributed by atoms with Gasteiger partial charge >= 0.3 is 6.18 Å². The number of benzene rings is 1. The van der Waals surface area contributed by atoms with Crippen LogP contribution in [0, 0.1) is 6.92 Å². The minimum atomic E-state index is -4.49. The lowest BCUT2D eigenvalue weighted by Gasteiger charge is -2.34. The van der Waals surface area contributed by atoms with Crippen molar-refractivity contribution in [1.82, 2.24) is 34.4 Å². The molecule has 0 saturated carbocycles. The highest BCUT2D eigenvalue weighted by Gasteiger charge is 2.32. The molecular formula is C29H33F3N8O4. The van der Waals surface area contributed by atoms with Crippen molar-refractivity contribution in [3.8, 4) is 5.75 Å². The van der Waals surface area contributed by atoms with Crippen molar-refractivity contribution in [2.45, 2.75) is 39.0 Å². The van der Waals surface area contributed by atoms with E-state index in [1.807, 2.05) is 31.2 Å². The molecule has 0 N–H and O–H groups in total. The second-order valence-corrected chi connectivity index (χ2v) is 10.6. The minimum absolute atomic E-state index is 0.0972. The van der Waals surface area contributed by atoms with Gasteiger partial charge in [0.15, 0.2) is 0 Å². The molecule has 234 valence electrons. The molecule has 0 radical (unpaired) electrons. The summed E-state index contributed by atoms with van der Waals surface area (Å²) in [5.41, 5.74) is 1.04. The van der Waals surface area contributed by atoms with Crippen molar-refractivity contribution in [3.05, 3.63) is 70.0 Å². The molecule has 1 aromatic carbocycles. The normalized spacial score (nSPS) is 14.7. The fourth-order valence-corrected chi connectivity index (χ4v) is 5.03. The number of amides is 1. The summed E-state index contributed by atoms with van der Waals surface area (Å²) in [4.78, 5) is 37.0. The third-order valence-electron chi connectivity index (χ3n) is 7.59. The lowest BCUT2D eigenvalue weighted by Crippen LogP contribution is -2.50. The highest BCUT2D eigenvalue weighted by atomic mass is 19.4. The van der Waals surface area contributed by atoms with E-state index < -0.39 is 11.7 Å². The third kappa shape index (κ3) is 6.82. The van der Waals surface area contributed by atoms with Gasteiger partial charge in [-0.25, -0.2) is 14.6 Å². The number of halogens is 3. The second kappa shape index (κ2) is 13.0. The number of fused-ring (bicyclic) bond motifs is 1. The summed E-state index contributed by atoms with van der Waals surface area (Å²) in [6, 6.07) is 7.33. The molecule has 0 spiro atoms. The Morgan fingerprint density at radius 2 is 1.73 bits per heavy atom. The van der Waals surface area contributed by atoms with E-state index in [9.17, 15) is 22.8 Å². The van der Waals surface area contributed by atoms with Gasteiger partial charge in [0.25, 0.3) is 5.56 Å². The fourth-order valence-electron chi connectivity index (χ4n) is 5.03. The molecule has 1 atom stereocenters. The van der Waals surface area contributed by atoms with E-state index in [0.717, 1.165) is 23.7 Å². The number of methoxy groups -OCH3 is 1. The lowest BCUT2D eigenvalue weighted by molar-refractivity contribution is -0.138. The number of rotatable bonds is 10. The van der Waals surface area contributed by atoms with E-state index in [1.54, 1.807) is 34.7 Å². The monoisotopic (exact) mass is 614 g/mol. The summed E-state index contributed by atoms with van der Waals surface area (Å²) in [6.07, 6.45) is -0.767. The molecule has 1 saturated heterocycles. The van der Waals surface area contributed by atoms with Crippen molar-refractivity contribution < 1.29 is 27.4 Å². The summed E-state index contributed by atoms with van der Waals surface area (Å²) < 4.78 is 52.3. The van der Waals surface area contributed by atoms with E-state index >= 15 is 0 Å². The number of aromatic nitrogens is 6. The van der Waals surface area contributed by atoms with Gasteiger partial charge in [-0.1, -0.05) is 12.1 Å². The number of carbonyl (C=O) groups is 1. The number of aryl methyl sites for hydroxylation is 1. The average Bonchev–Trinajstić information content (AvgIpc) is 3.37. The molecule has 15 heteroatoms. The van der Waals surface area contributed by atoms with Crippen LogP contribution in [-0.4, -0.2) is 86.8 Å². The molecule has 1 amide bonds. The number of hydrogen-bond donors (Lipinski definition) is 0. The third-order valence-corrected chi connectivity index (χ3v) is 7.59. The molecule has 4 aromatic rings. The first-order chi connectivity index (χ1) is 21.0. The maximum absolute atomic E-state index is 13.3. The molecule has 1 fully saturated rings. The number of piperazine rings is 1. The van der Waals surface area contributed by atoms with E-state index in [-0.39, 0.29) is 30.1 Å². The number of hydrogen-bond acceptors (Lipinski definition) is 9. The minimum Gasteiger partial charge on any atom is -0.497 e. The molecule has 44 heavy (non-hydrogen) atoms. The second-order valence-electron chi connectivity index (χ2n) is 10.6. The van der Waals surface area contributed by atoms with E-state index in [0.29, 0.717) is 62.3 Å². The summed E-state index contributed by atoms with van der Waals surface area (Å²) in [5.74, 6) is 0.757. The Bertz CT molecular complexity index is 1650.